The van der Waals surface area contributed by atoms with Crippen LogP contribution in [0.2, 0.25) is 0 Å². The molecule has 0 aromatic rings. The van der Waals surface area contributed by atoms with Crippen molar-refractivity contribution in [3.05, 3.63) is 0 Å². The second-order valence-electron chi connectivity index (χ2n) is 4.80. The number of aliphatic hydroxyl groups is 1. The molecular formula is C12H24O2. The van der Waals surface area contributed by atoms with Gasteiger partial charge in [0.25, 0.3) is 0 Å². The molecule has 0 saturated carbocycles. The lowest BCUT2D eigenvalue weighted by atomic mass is 9.84. The van der Waals surface area contributed by atoms with E-state index >= 15 is 0 Å². The maximum absolute atomic E-state index is 9.98. The number of rotatable bonds is 4. The highest BCUT2D eigenvalue weighted by molar-refractivity contribution is 4.78. The van der Waals surface area contributed by atoms with E-state index in [2.05, 4.69) is 20.8 Å². The number of hydrogen-bond acceptors (Lipinski definition) is 2. The minimum Gasteiger partial charge on any atom is -0.393 e. The molecule has 0 spiro atoms. The van der Waals surface area contributed by atoms with Gasteiger partial charge in [0, 0.05) is 6.61 Å². The first-order chi connectivity index (χ1) is 6.65. The summed E-state index contributed by atoms with van der Waals surface area (Å²) in [7, 11) is 0. The van der Waals surface area contributed by atoms with Crippen molar-refractivity contribution >= 4 is 0 Å². The monoisotopic (exact) mass is 200 g/mol. The first-order valence-electron chi connectivity index (χ1n) is 5.94. The first kappa shape index (κ1) is 12.0. The molecule has 0 bridgehead atoms. The van der Waals surface area contributed by atoms with Crippen molar-refractivity contribution < 1.29 is 9.84 Å². The Kier molecular flexibility index (Phi) is 4.90. The summed E-state index contributed by atoms with van der Waals surface area (Å²) >= 11 is 0. The molecule has 1 aliphatic rings. The van der Waals surface area contributed by atoms with Crippen molar-refractivity contribution in [1.29, 1.82) is 0 Å². The molecule has 14 heavy (non-hydrogen) atoms. The van der Waals surface area contributed by atoms with Gasteiger partial charge in [-0.15, -0.1) is 0 Å². The van der Waals surface area contributed by atoms with Gasteiger partial charge in [-0.2, -0.15) is 0 Å². The van der Waals surface area contributed by atoms with E-state index < -0.39 is 0 Å². The zero-order valence-corrected chi connectivity index (χ0v) is 9.70. The molecule has 2 nitrogen and oxygen atoms in total. The SMILES string of the molecule is CCCC1CC(C(O)C(C)C)CCO1. The lowest BCUT2D eigenvalue weighted by molar-refractivity contribution is -0.0570. The van der Waals surface area contributed by atoms with Crippen LogP contribution in [0.25, 0.3) is 0 Å². The van der Waals surface area contributed by atoms with E-state index in [1.807, 2.05) is 0 Å². The van der Waals surface area contributed by atoms with Gasteiger partial charge in [0.15, 0.2) is 0 Å². The molecule has 1 aliphatic heterocycles. The second kappa shape index (κ2) is 5.72. The molecule has 3 unspecified atom stereocenters. The Morgan fingerprint density at radius 1 is 1.43 bits per heavy atom. The maximum atomic E-state index is 9.98. The summed E-state index contributed by atoms with van der Waals surface area (Å²) in [6.45, 7) is 7.20. The summed E-state index contributed by atoms with van der Waals surface area (Å²) in [5.41, 5.74) is 0. The van der Waals surface area contributed by atoms with Crippen LogP contribution in [0, 0.1) is 11.8 Å². The van der Waals surface area contributed by atoms with Gasteiger partial charge in [0.05, 0.1) is 12.2 Å². The van der Waals surface area contributed by atoms with Crippen LogP contribution >= 0.6 is 0 Å². The Hall–Kier alpha value is -0.0800. The van der Waals surface area contributed by atoms with E-state index in [1.54, 1.807) is 0 Å². The molecule has 1 saturated heterocycles. The Labute approximate surface area is 87.7 Å². The van der Waals surface area contributed by atoms with Gasteiger partial charge in [-0.25, -0.2) is 0 Å². The standard InChI is InChI=1S/C12H24O2/c1-4-5-11-8-10(6-7-14-11)12(13)9(2)3/h9-13H,4-8H2,1-3H3. The minimum atomic E-state index is -0.141. The topological polar surface area (TPSA) is 29.5 Å². The third-order valence-corrected chi connectivity index (χ3v) is 3.18. The average molecular weight is 200 g/mol. The molecule has 1 rings (SSSR count). The van der Waals surface area contributed by atoms with Crippen LogP contribution in [0.1, 0.15) is 46.5 Å². The molecule has 1 N–H and O–H groups in total. The highest BCUT2D eigenvalue weighted by atomic mass is 16.5. The van der Waals surface area contributed by atoms with Crippen molar-refractivity contribution in [2.24, 2.45) is 11.8 Å². The summed E-state index contributed by atoms with van der Waals surface area (Å²) < 4.78 is 5.67. The molecule has 0 radical (unpaired) electrons. The van der Waals surface area contributed by atoms with Crippen LogP contribution in [0.4, 0.5) is 0 Å². The van der Waals surface area contributed by atoms with Gasteiger partial charge in [-0.05, 0) is 31.1 Å². The van der Waals surface area contributed by atoms with Crippen LogP contribution in [-0.2, 0) is 4.74 Å². The summed E-state index contributed by atoms with van der Waals surface area (Å²) in [5.74, 6) is 0.834. The molecule has 0 amide bonds. The largest absolute Gasteiger partial charge is 0.393 e. The van der Waals surface area contributed by atoms with Crippen molar-refractivity contribution in [1.82, 2.24) is 0 Å². The molecule has 0 aromatic heterocycles. The van der Waals surface area contributed by atoms with Gasteiger partial charge < -0.3 is 9.84 Å². The van der Waals surface area contributed by atoms with Gasteiger partial charge in [0.1, 0.15) is 0 Å². The van der Waals surface area contributed by atoms with E-state index in [1.165, 1.54) is 6.42 Å². The predicted molar refractivity (Wildman–Crippen MR) is 58.2 cm³/mol. The molecule has 0 aliphatic carbocycles. The molecule has 84 valence electrons. The van der Waals surface area contributed by atoms with Gasteiger partial charge in [0.2, 0.25) is 0 Å². The Morgan fingerprint density at radius 3 is 2.71 bits per heavy atom. The van der Waals surface area contributed by atoms with Crippen LogP contribution in [0.3, 0.4) is 0 Å². The molecule has 0 aromatic carbocycles. The van der Waals surface area contributed by atoms with Crippen molar-refractivity contribution in [3.8, 4) is 0 Å². The summed E-state index contributed by atoms with van der Waals surface area (Å²) in [6.07, 6.45) is 4.65. The normalized spacial score (nSPS) is 30.6. The lowest BCUT2D eigenvalue weighted by Gasteiger charge is -2.33. The zero-order valence-electron chi connectivity index (χ0n) is 9.70. The van der Waals surface area contributed by atoms with Gasteiger partial charge in [-0.1, -0.05) is 27.2 Å². The Balaban J connectivity index is 2.39. The number of aliphatic hydroxyl groups excluding tert-OH is 1. The van der Waals surface area contributed by atoms with Gasteiger partial charge >= 0.3 is 0 Å². The average Bonchev–Trinajstić information content (AvgIpc) is 2.17. The molecule has 1 fully saturated rings. The Morgan fingerprint density at radius 2 is 2.14 bits per heavy atom. The third kappa shape index (κ3) is 3.25. The van der Waals surface area contributed by atoms with Crippen LogP contribution < -0.4 is 0 Å². The summed E-state index contributed by atoms with van der Waals surface area (Å²) in [6, 6.07) is 0. The fraction of sp³-hybridized carbons (Fsp3) is 1.00. The minimum absolute atomic E-state index is 0.141. The van der Waals surface area contributed by atoms with Crippen LogP contribution in [0.5, 0.6) is 0 Å². The highest BCUT2D eigenvalue weighted by Crippen LogP contribution is 2.28. The highest BCUT2D eigenvalue weighted by Gasteiger charge is 2.28. The fourth-order valence-electron chi connectivity index (χ4n) is 2.29. The zero-order chi connectivity index (χ0) is 10.6. The Bertz CT molecular complexity index is 154. The van der Waals surface area contributed by atoms with Crippen LogP contribution in [-0.4, -0.2) is 23.9 Å². The lowest BCUT2D eigenvalue weighted by Crippen LogP contribution is -2.35. The third-order valence-electron chi connectivity index (χ3n) is 3.18. The molecule has 2 heteroatoms. The second-order valence-corrected chi connectivity index (χ2v) is 4.80. The fourth-order valence-corrected chi connectivity index (χ4v) is 2.29. The van der Waals surface area contributed by atoms with Crippen molar-refractivity contribution in [3.63, 3.8) is 0 Å². The smallest absolute Gasteiger partial charge is 0.0593 e. The first-order valence-corrected chi connectivity index (χ1v) is 5.94. The summed E-state index contributed by atoms with van der Waals surface area (Å²) in [4.78, 5) is 0. The predicted octanol–water partition coefficient (Wildman–Crippen LogP) is 2.60. The summed E-state index contributed by atoms with van der Waals surface area (Å²) in [5, 5.41) is 9.98. The van der Waals surface area contributed by atoms with E-state index in [0.29, 0.717) is 17.9 Å². The van der Waals surface area contributed by atoms with E-state index in [4.69, 9.17) is 4.74 Å². The quantitative estimate of drug-likeness (QED) is 0.756. The van der Waals surface area contributed by atoms with E-state index in [9.17, 15) is 5.11 Å². The van der Waals surface area contributed by atoms with Crippen LogP contribution in [0.15, 0.2) is 0 Å². The van der Waals surface area contributed by atoms with E-state index in [-0.39, 0.29) is 6.10 Å². The molecular weight excluding hydrogens is 176 g/mol. The van der Waals surface area contributed by atoms with E-state index in [0.717, 1.165) is 25.9 Å². The molecule has 3 atom stereocenters. The number of hydrogen-bond donors (Lipinski definition) is 1. The van der Waals surface area contributed by atoms with Crippen molar-refractivity contribution in [2.45, 2.75) is 58.7 Å². The number of ether oxygens (including phenoxy) is 1. The van der Waals surface area contributed by atoms with Gasteiger partial charge in [-0.3, -0.25) is 0 Å². The molecule has 1 heterocycles. The maximum Gasteiger partial charge on any atom is 0.0593 e. The van der Waals surface area contributed by atoms with Crippen molar-refractivity contribution in [2.75, 3.05) is 6.61 Å².